The summed E-state index contributed by atoms with van der Waals surface area (Å²) >= 11 is 6.64. The summed E-state index contributed by atoms with van der Waals surface area (Å²) in [5, 5.41) is 14.9. The minimum atomic E-state index is 0.620. The average molecular weight is 516 g/mol. The van der Waals surface area contributed by atoms with E-state index in [2.05, 4.69) is 69.4 Å². The van der Waals surface area contributed by atoms with Crippen LogP contribution in [-0.2, 0) is 20.1 Å². The molecular formula is C29H34ClN7. The lowest BCUT2D eigenvalue weighted by Gasteiger charge is -2.29. The molecular weight excluding hydrogens is 482 g/mol. The second-order valence-corrected chi connectivity index (χ2v) is 11.4. The topological polar surface area (TPSA) is 63.0 Å². The van der Waals surface area contributed by atoms with Crippen molar-refractivity contribution in [2.24, 2.45) is 18.9 Å². The number of fused-ring (bicyclic) bond motifs is 1. The zero-order valence-corrected chi connectivity index (χ0v) is 22.6. The van der Waals surface area contributed by atoms with Gasteiger partial charge in [0.2, 0.25) is 0 Å². The first-order valence-electron chi connectivity index (χ1n) is 13.3. The third-order valence-electron chi connectivity index (χ3n) is 7.30. The first kappa shape index (κ1) is 24.2. The largest absolute Gasteiger partial charge is 0.356 e. The van der Waals surface area contributed by atoms with Crippen LogP contribution in [0.3, 0.4) is 0 Å². The van der Waals surface area contributed by atoms with E-state index in [4.69, 9.17) is 16.6 Å². The lowest BCUT2D eigenvalue weighted by molar-refractivity contribution is 0.628. The van der Waals surface area contributed by atoms with Crippen LogP contribution >= 0.6 is 11.6 Å². The van der Waals surface area contributed by atoms with Gasteiger partial charge in [0.1, 0.15) is 5.82 Å². The lowest BCUT2D eigenvalue weighted by atomic mass is 10.1. The minimum absolute atomic E-state index is 0.620. The average Bonchev–Trinajstić information content (AvgIpc) is 3.78. The normalized spacial score (nSPS) is 15.4. The first-order chi connectivity index (χ1) is 17.9. The summed E-state index contributed by atoms with van der Waals surface area (Å²) in [7, 11) is 1.81. The molecule has 2 fully saturated rings. The van der Waals surface area contributed by atoms with Crippen molar-refractivity contribution in [2.75, 3.05) is 22.9 Å². The summed E-state index contributed by atoms with van der Waals surface area (Å²) < 4.78 is 0. The van der Waals surface area contributed by atoms with Crippen molar-refractivity contribution in [3.8, 4) is 0 Å². The molecule has 0 unspecified atom stereocenters. The highest BCUT2D eigenvalue weighted by Gasteiger charge is 2.31. The van der Waals surface area contributed by atoms with E-state index in [1.54, 1.807) is 0 Å². The van der Waals surface area contributed by atoms with Gasteiger partial charge in [-0.3, -0.25) is 0 Å². The Morgan fingerprint density at radius 1 is 0.919 bits per heavy atom. The summed E-state index contributed by atoms with van der Waals surface area (Å²) in [6, 6.07) is 15.0. The van der Waals surface area contributed by atoms with Gasteiger partial charge in [-0.1, -0.05) is 58.2 Å². The fourth-order valence-corrected chi connectivity index (χ4v) is 5.47. The number of rotatable bonds is 10. The van der Waals surface area contributed by atoms with Crippen LogP contribution in [0.4, 0.5) is 11.8 Å². The first-order valence-corrected chi connectivity index (χ1v) is 13.7. The van der Waals surface area contributed by atoms with Crippen LogP contribution in [0.15, 0.2) is 42.5 Å². The van der Waals surface area contributed by atoms with Gasteiger partial charge in [0, 0.05) is 37.1 Å². The van der Waals surface area contributed by atoms with Gasteiger partial charge in [0.25, 0.3) is 5.95 Å². The Kier molecular flexibility index (Phi) is 6.49. The van der Waals surface area contributed by atoms with Gasteiger partial charge >= 0.3 is 0 Å². The van der Waals surface area contributed by atoms with Crippen molar-refractivity contribution >= 4 is 34.3 Å². The summed E-state index contributed by atoms with van der Waals surface area (Å²) in [5.41, 5.74) is 5.79. The summed E-state index contributed by atoms with van der Waals surface area (Å²) in [5.74, 6) is 3.20. The number of anilines is 2. The predicted octanol–water partition coefficient (Wildman–Crippen LogP) is 5.86. The Morgan fingerprint density at radius 2 is 1.62 bits per heavy atom. The van der Waals surface area contributed by atoms with E-state index in [0.29, 0.717) is 24.1 Å². The molecule has 4 aromatic rings. The standard InChI is InChI=1S/C29H34ClN7/c1-19-11-20(2)13-23(12-19)17-37(29-32-34-35(3)33-29)18-25-14-24-5-4-6-26(30)27(24)31-28(25)36(15-21-7-8-21)16-22-9-10-22/h4-6,11-14,21-22H,7-10,15-18H2,1-3H3. The van der Waals surface area contributed by atoms with Gasteiger partial charge in [-0.05, 0) is 74.3 Å². The van der Waals surface area contributed by atoms with Crippen LogP contribution in [0.5, 0.6) is 0 Å². The van der Waals surface area contributed by atoms with E-state index in [0.717, 1.165) is 41.6 Å². The summed E-state index contributed by atoms with van der Waals surface area (Å²) in [4.78, 5) is 11.5. The maximum atomic E-state index is 6.64. The molecule has 2 aliphatic rings. The number of para-hydroxylation sites is 1. The number of aromatic nitrogens is 5. The van der Waals surface area contributed by atoms with Gasteiger partial charge < -0.3 is 9.80 Å². The SMILES string of the molecule is Cc1cc(C)cc(CN(Cc2cc3cccc(Cl)c3nc2N(CC2CC2)CC2CC2)c2nnn(C)n2)c1. The number of benzene rings is 2. The molecule has 2 aromatic carbocycles. The number of hydrogen-bond donors (Lipinski definition) is 0. The second kappa shape index (κ2) is 9.93. The van der Waals surface area contributed by atoms with Crippen LogP contribution in [-0.4, -0.2) is 38.3 Å². The van der Waals surface area contributed by atoms with Gasteiger partial charge in [-0.25, -0.2) is 4.98 Å². The fraction of sp³-hybridized carbons (Fsp3) is 0.448. The predicted molar refractivity (Wildman–Crippen MR) is 149 cm³/mol. The number of hydrogen-bond acceptors (Lipinski definition) is 6. The molecule has 0 saturated heterocycles. The molecule has 2 aliphatic carbocycles. The molecule has 0 N–H and O–H groups in total. The number of aryl methyl sites for hydroxylation is 3. The summed E-state index contributed by atoms with van der Waals surface area (Å²) in [6.45, 7) is 7.73. The Bertz CT molecular complexity index is 1390. The molecule has 6 rings (SSSR count). The Labute approximate surface area is 223 Å². The molecule has 7 nitrogen and oxygen atoms in total. The lowest BCUT2D eigenvalue weighted by Crippen LogP contribution is -2.32. The number of nitrogens with zero attached hydrogens (tertiary/aromatic N) is 7. The molecule has 0 spiro atoms. The van der Waals surface area contributed by atoms with Crippen molar-refractivity contribution in [3.63, 3.8) is 0 Å². The second-order valence-electron chi connectivity index (χ2n) is 11.0. The van der Waals surface area contributed by atoms with Crippen LogP contribution in [0.2, 0.25) is 5.02 Å². The maximum Gasteiger partial charge on any atom is 0.266 e. The molecule has 8 heteroatoms. The van der Waals surface area contributed by atoms with Crippen molar-refractivity contribution in [1.29, 1.82) is 0 Å². The fourth-order valence-electron chi connectivity index (χ4n) is 5.24. The molecule has 2 heterocycles. The number of halogens is 1. The van der Waals surface area contributed by atoms with E-state index >= 15 is 0 Å². The van der Waals surface area contributed by atoms with E-state index < -0.39 is 0 Å². The van der Waals surface area contributed by atoms with E-state index in [-0.39, 0.29) is 0 Å². The van der Waals surface area contributed by atoms with Gasteiger partial charge in [-0.2, -0.15) is 4.80 Å². The Balaban J connectivity index is 1.42. The smallest absolute Gasteiger partial charge is 0.266 e. The number of tetrazole rings is 1. The molecule has 2 saturated carbocycles. The highest BCUT2D eigenvalue weighted by molar-refractivity contribution is 6.35. The van der Waals surface area contributed by atoms with Crippen molar-refractivity contribution in [2.45, 2.75) is 52.6 Å². The molecule has 0 bridgehead atoms. The van der Waals surface area contributed by atoms with Crippen molar-refractivity contribution < 1.29 is 0 Å². The highest BCUT2D eigenvalue weighted by Crippen LogP contribution is 2.38. The molecule has 192 valence electrons. The van der Waals surface area contributed by atoms with E-state index in [9.17, 15) is 0 Å². The zero-order chi connectivity index (χ0) is 25.5. The molecule has 0 atom stereocenters. The van der Waals surface area contributed by atoms with Gasteiger partial charge in [-0.15, -0.1) is 5.10 Å². The van der Waals surface area contributed by atoms with Crippen LogP contribution in [0.25, 0.3) is 10.9 Å². The highest BCUT2D eigenvalue weighted by atomic mass is 35.5. The molecule has 0 amide bonds. The molecule has 2 aromatic heterocycles. The van der Waals surface area contributed by atoms with E-state index in [1.165, 1.54) is 52.7 Å². The summed E-state index contributed by atoms with van der Waals surface area (Å²) in [6.07, 6.45) is 5.25. The zero-order valence-electron chi connectivity index (χ0n) is 21.9. The molecule has 0 radical (unpaired) electrons. The van der Waals surface area contributed by atoms with Crippen LogP contribution < -0.4 is 9.80 Å². The van der Waals surface area contributed by atoms with Crippen molar-refractivity contribution in [1.82, 2.24) is 25.2 Å². The van der Waals surface area contributed by atoms with Gasteiger partial charge in [0.05, 0.1) is 17.6 Å². The number of pyridine rings is 1. The van der Waals surface area contributed by atoms with Gasteiger partial charge in [0.15, 0.2) is 0 Å². The quantitative estimate of drug-likeness (QED) is 0.263. The van der Waals surface area contributed by atoms with E-state index in [1.807, 2.05) is 19.2 Å². The third kappa shape index (κ3) is 5.72. The molecule has 37 heavy (non-hydrogen) atoms. The maximum absolute atomic E-state index is 6.64. The minimum Gasteiger partial charge on any atom is -0.356 e. The van der Waals surface area contributed by atoms with Crippen molar-refractivity contribution in [3.05, 3.63) is 69.7 Å². The third-order valence-corrected chi connectivity index (χ3v) is 7.60. The van der Waals surface area contributed by atoms with Crippen LogP contribution in [0.1, 0.15) is 47.9 Å². The monoisotopic (exact) mass is 515 g/mol. The Hall–Kier alpha value is -3.19. The molecule has 0 aliphatic heterocycles. The van der Waals surface area contributed by atoms with Crippen LogP contribution in [0, 0.1) is 25.7 Å². The Morgan fingerprint density at radius 3 is 2.24 bits per heavy atom.